The van der Waals surface area contributed by atoms with E-state index in [1.54, 1.807) is 6.07 Å². The lowest BCUT2D eigenvalue weighted by atomic mass is 10.1. The molecule has 3 rings (SSSR count). The third-order valence-electron chi connectivity index (χ3n) is 3.14. The van der Waals surface area contributed by atoms with Gasteiger partial charge in [-0.3, -0.25) is 0 Å². The predicted octanol–water partition coefficient (Wildman–Crippen LogP) is 2.70. The summed E-state index contributed by atoms with van der Waals surface area (Å²) < 4.78 is 0. The minimum atomic E-state index is 0.238. The molecule has 0 fully saturated rings. The van der Waals surface area contributed by atoms with Crippen LogP contribution in [-0.2, 0) is 6.54 Å². The SMILES string of the molecule is N#Cc1cccc(CNc2nc(N)nc3ccccc23)c1. The number of nitrogens with zero attached hydrogens (tertiary/aromatic N) is 3. The van der Waals surface area contributed by atoms with Gasteiger partial charge in [-0.2, -0.15) is 10.2 Å². The molecule has 0 aliphatic rings. The van der Waals surface area contributed by atoms with Gasteiger partial charge >= 0.3 is 0 Å². The first-order valence-corrected chi connectivity index (χ1v) is 6.51. The van der Waals surface area contributed by atoms with Crippen LogP contribution in [0.5, 0.6) is 0 Å². The molecule has 0 saturated carbocycles. The molecule has 1 heterocycles. The molecule has 0 amide bonds. The van der Waals surface area contributed by atoms with Crippen molar-refractivity contribution in [1.82, 2.24) is 9.97 Å². The lowest BCUT2D eigenvalue weighted by Gasteiger charge is -2.09. The van der Waals surface area contributed by atoms with E-state index in [1.165, 1.54) is 0 Å². The Hall–Kier alpha value is -3.13. The molecule has 5 nitrogen and oxygen atoms in total. The van der Waals surface area contributed by atoms with Gasteiger partial charge in [0.15, 0.2) is 0 Å². The minimum absolute atomic E-state index is 0.238. The number of nitrogen functional groups attached to an aromatic ring is 1. The molecule has 3 N–H and O–H groups in total. The van der Waals surface area contributed by atoms with Gasteiger partial charge in [-0.05, 0) is 29.8 Å². The Kier molecular flexibility index (Phi) is 3.36. The average Bonchev–Trinajstić information content (AvgIpc) is 2.52. The maximum absolute atomic E-state index is 8.92. The zero-order chi connectivity index (χ0) is 14.7. The van der Waals surface area contributed by atoms with Gasteiger partial charge in [0.1, 0.15) is 5.82 Å². The Bertz CT molecular complexity index is 835. The Morgan fingerprint density at radius 3 is 2.81 bits per heavy atom. The van der Waals surface area contributed by atoms with Gasteiger partial charge in [0.25, 0.3) is 0 Å². The molecule has 5 heteroatoms. The van der Waals surface area contributed by atoms with E-state index in [4.69, 9.17) is 11.0 Å². The smallest absolute Gasteiger partial charge is 0.222 e. The fourth-order valence-corrected chi connectivity index (χ4v) is 2.17. The van der Waals surface area contributed by atoms with Crippen molar-refractivity contribution in [1.29, 1.82) is 5.26 Å². The van der Waals surface area contributed by atoms with Crippen LogP contribution in [0, 0.1) is 11.3 Å². The summed E-state index contributed by atoms with van der Waals surface area (Å²) in [5.74, 6) is 0.933. The summed E-state index contributed by atoms with van der Waals surface area (Å²) in [7, 11) is 0. The van der Waals surface area contributed by atoms with Gasteiger partial charge in [0.2, 0.25) is 5.95 Å². The van der Waals surface area contributed by atoms with Crippen molar-refractivity contribution < 1.29 is 0 Å². The molecule has 0 unspecified atom stereocenters. The standard InChI is InChI=1S/C16H13N5/c17-9-11-4-3-5-12(8-11)10-19-15-13-6-1-2-7-14(13)20-16(18)21-15/h1-8H,10H2,(H3,18,19,20,21). The first-order valence-electron chi connectivity index (χ1n) is 6.51. The van der Waals surface area contributed by atoms with Crippen LogP contribution in [0.2, 0.25) is 0 Å². The quantitative estimate of drug-likeness (QED) is 0.767. The number of aromatic nitrogens is 2. The van der Waals surface area contributed by atoms with E-state index in [0.29, 0.717) is 17.9 Å². The number of hydrogen-bond acceptors (Lipinski definition) is 5. The van der Waals surface area contributed by atoms with Crippen molar-refractivity contribution in [3.63, 3.8) is 0 Å². The van der Waals surface area contributed by atoms with E-state index in [2.05, 4.69) is 21.4 Å². The van der Waals surface area contributed by atoms with Crippen LogP contribution in [0.3, 0.4) is 0 Å². The van der Waals surface area contributed by atoms with Gasteiger partial charge in [0.05, 0.1) is 17.1 Å². The summed E-state index contributed by atoms with van der Waals surface area (Å²) in [5, 5.41) is 13.1. The summed E-state index contributed by atoms with van der Waals surface area (Å²) in [5.41, 5.74) is 8.19. The molecular weight excluding hydrogens is 262 g/mol. The molecular formula is C16H13N5. The average molecular weight is 275 g/mol. The van der Waals surface area contributed by atoms with Crippen molar-refractivity contribution in [2.24, 2.45) is 0 Å². The Morgan fingerprint density at radius 1 is 1.10 bits per heavy atom. The van der Waals surface area contributed by atoms with Gasteiger partial charge in [0, 0.05) is 11.9 Å². The van der Waals surface area contributed by atoms with E-state index in [1.807, 2.05) is 42.5 Å². The van der Waals surface area contributed by atoms with Crippen LogP contribution < -0.4 is 11.1 Å². The first-order chi connectivity index (χ1) is 10.3. The monoisotopic (exact) mass is 275 g/mol. The highest BCUT2D eigenvalue weighted by atomic mass is 15.1. The number of fused-ring (bicyclic) bond motifs is 1. The van der Waals surface area contributed by atoms with Crippen LogP contribution in [0.4, 0.5) is 11.8 Å². The molecule has 0 spiro atoms. The number of hydrogen-bond donors (Lipinski definition) is 2. The van der Waals surface area contributed by atoms with Crippen LogP contribution in [0.25, 0.3) is 10.9 Å². The van der Waals surface area contributed by atoms with Crippen LogP contribution in [0.15, 0.2) is 48.5 Å². The summed E-state index contributed by atoms with van der Waals surface area (Å²) in [6, 6.07) is 17.3. The molecule has 0 aliphatic carbocycles. The predicted molar refractivity (Wildman–Crippen MR) is 82.4 cm³/mol. The molecule has 0 atom stereocenters. The minimum Gasteiger partial charge on any atom is -0.368 e. The number of rotatable bonds is 3. The zero-order valence-corrected chi connectivity index (χ0v) is 11.2. The second kappa shape index (κ2) is 5.47. The van der Waals surface area contributed by atoms with Crippen molar-refractivity contribution in [2.75, 3.05) is 11.1 Å². The van der Waals surface area contributed by atoms with E-state index in [0.717, 1.165) is 16.5 Å². The maximum Gasteiger partial charge on any atom is 0.222 e. The Labute approximate surface area is 122 Å². The normalized spacial score (nSPS) is 10.2. The highest BCUT2D eigenvalue weighted by molar-refractivity contribution is 5.89. The maximum atomic E-state index is 8.92. The fraction of sp³-hybridized carbons (Fsp3) is 0.0625. The number of nitrogens with one attached hydrogen (secondary N) is 1. The van der Waals surface area contributed by atoms with Crippen LogP contribution in [-0.4, -0.2) is 9.97 Å². The first kappa shape index (κ1) is 12.9. The molecule has 0 bridgehead atoms. The zero-order valence-electron chi connectivity index (χ0n) is 11.2. The topological polar surface area (TPSA) is 87.6 Å². The lowest BCUT2D eigenvalue weighted by molar-refractivity contribution is 1.11. The number of benzene rings is 2. The van der Waals surface area contributed by atoms with E-state index >= 15 is 0 Å². The summed E-state index contributed by atoms with van der Waals surface area (Å²) in [4.78, 5) is 8.45. The summed E-state index contributed by atoms with van der Waals surface area (Å²) in [6.45, 7) is 0.565. The molecule has 3 aromatic rings. The molecule has 0 aliphatic heterocycles. The largest absolute Gasteiger partial charge is 0.368 e. The number of nitrogens with two attached hydrogens (primary N) is 1. The highest BCUT2D eigenvalue weighted by Crippen LogP contribution is 2.21. The fourth-order valence-electron chi connectivity index (χ4n) is 2.17. The summed E-state index contributed by atoms with van der Waals surface area (Å²) in [6.07, 6.45) is 0. The molecule has 21 heavy (non-hydrogen) atoms. The third kappa shape index (κ3) is 2.74. The van der Waals surface area contributed by atoms with Crippen LogP contribution in [0.1, 0.15) is 11.1 Å². The second-order valence-electron chi connectivity index (χ2n) is 4.61. The van der Waals surface area contributed by atoms with Gasteiger partial charge in [-0.1, -0.05) is 24.3 Å². The van der Waals surface area contributed by atoms with E-state index in [9.17, 15) is 0 Å². The highest BCUT2D eigenvalue weighted by Gasteiger charge is 2.05. The molecule has 0 radical (unpaired) electrons. The van der Waals surface area contributed by atoms with Crippen molar-refractivity contribution >= 4 is 22.7 Å². The van der Waals surface area contributed by atoms with Crippen molar-refractivity contribution in [3.05, 3.63) is 59.7 Å². The van der Waals surface area contributed by atoms with Gasteiger partial charge < -0.3 is 11.1 Å². The lowest BCUT2D eigenvalue weighted by Crippen LogP contribution is -2.05. The van der Waals surface area contributed by atoms with Gasteiger partial charge in [-0.15, -0.1) is 0 Å². The number of para-hydroxylation sites is 1. The molecule has 2 aromatic carbocycles. The second-order valence-corrected chi connectivity index (χ2v) is 4.61. The molecule has 1 aromatic heterocycles. The Morgan fingerprint density at radius 2 is 1.95 bits per heavy atom. The van der Waals surface area contributed by atoms with Crippen LogP contribution >= 0.6 is 0 Å². The summed E-state index contributed by atoms with van der Waals surface area (Å²) >= 11 is 0. The van der Waals surface area contributed by atoms with Crippen molar-refractivity contribution in [3.8, 4) is 6.07 Å². The number of nitriles is 1. The Balaban J connectivity index is 1.90. The van der Waals surface area contributed by atoms with Gasteiger partial charge in [-0.25, -0.2) is 4.98 Å². The van der Waals surface area contributed by atoms with Crippen molar-refractivity contribution in [2.45, 2.75) is 6.54 Å². The van der Waals surface area contributed by atoms with E-state index < -0.39 is 0 Å². The molecule has 102 valence electrons. The van der Waals surface area contributed by atoms with E-state index in [-0.39, 0.29) is 5.95 Å². The molecule has 0 saturated heterocycles. The number of anilines is 2. The third-order valence-corrected chi connectivity index (χ3v) is 3.14.